The molecule has 2 aromatic rings. The molecule has 0 saturated carbocycles. The maximum absolute atomic E-state index is 10.8. The molecule has 0 atom stereocenters. The molecule has 0 aliphatic carbocycles. The predicted octanol–water partition coefficient (Wildman–Crippen LogP) is 3.05. The number of non-ortho nitro benzene ring substituents is 1. The highest BCUT2D eigenvalue weighted by molar-refractivity contribution is 5.63. The second-order valence-electron chi connectivity index (χ2n) is 4.66. The first-order valence-electron chi connectivity index (χ1n) is 7.20. The van der Waals surface area contributed by atoms with Crippen molar-refractivity contribution < 1.29 is 4.92 Å². The van der Waals surface area contributed by atoms with E-state index >= 15 is 0 Å². The van der Waals surface area contributed by atoms with Crippen LogP contribution in [0.25, 0.3) is 11.8 Å². The quantitative estimate of drug-likeness (QED) is 0.605. The largest absolute Gasteiger partial charge is 0.355 e. The number of hydrogen-bond donors (Lipinski definition) is 0. The van der Waals surface area contributed by atoms with Gasteiger partial charge in [0.2, 0.25) is 0 Å². The third-order valence-electron chi connectivity index (χ3n) is 3.36. The minimum atomic E-state index is -0.415. The molecule has 0 bridgehead atoms. The minimum absolute atomic E-state index is 0.0573. The van der Waals surface area contributed by atoms with Gasteiger partial charge in [-0.25, -0.2) is 0 Å². The maximum Gasteiger partial charge on any atom is 0.269 e. The Bertz CT molecular complexity index is 672. The third-order valence-corrected chi connectivity index (χ3v) is 3.36. The lowest BCUT2D eigenvalue weighted by Gasteiger charge is -2.22. The zero-order chi connectivity index (χ0) is 16.1. The van der Waals surface area contributed by atoms with Crippen LogP contribution in [0, 0.1) is 10.1 Å². The molecule has 0 unspecified atom stereocenters. The molecule has 0 aliphatic rings. The van der Waals surface area contributed by atoms with Crippen molar-refractivity contribution in [1.82, 2.24) is 15.0 Å². The summed E-state index contributed by atoms with van der Waals surface area (Å²) in [6.45, 7) is 7.70. The van der Waals surface area contributed by atoms with E-state index in [2.05, 4.69) is 29.1 Å². The van der Waals surface area contributed by atoms with Crippen molar-refractivity contribution in [3.05, 3.63) is 46.1 Å². The van der Waals surface area contributed by atoms with Gasteiger partial charge in [0.05, 0.1) is 10.6 Å². The van der Waals surface area contributed by atoms with Gasteiger partial charge < -0.3 is 4.90 Å². The Morgan fingerprint density at radius 2 is 1.91 bits per heavy atom. The molecule has 7 heteroatoms. The smallest absolute Gasteiger partial charge is 0.269 e. The first kappa shape index (κ1) is 15.7. The summed E-state index contributed by atoms with van der Waals surface area (Å²) in [6.07, 6.45) is 3.82. The Kier molecular flexibility index (Phi) is 4.88. The summed E-state index contributed by atoms with van der Waals surface area (Å²) >= 11 is 0. The van der Waals surface area contributed by atoms with Crippen LogP contribution in [0.1, 0.15) is 26.5 Å². The Morgan fingerprint density at radius 1 is 1.27 bits per heavy atom. The molecule has 0 spiro atoms. The van der Waals surface area contributed by atoms with Crippen LogP contribution in [-0.4, -0.2) is 33.0 Å². The summed E-state index contributed by atoms with van der Waals surface area (Å²) in [6, 6.07) is 6.30. The van der Waals surface area contributed by atoms with E-state index in [-0.39, 0.29) is 5.69 Å². The molecule has 1 heterocycles. The average molecular weight is 301 g/mol. The van der Waals surface area contributed by atoms with E-state index in [1.54, 1.807) is 16.8 Å². The molecule has 1 aromatic heterocycles. The first-order valence-corrected chi connectivity index (χ1v) is 7.20. The lowest BCUT2D eigenvalue weighted by molar-refractivity contribution is -0.384. The average Bonchev–Trinajstić information content (AvgIpc) is 2.93. The summed E-state index contributed by atoms with van der Waals surface area (Å²) in [5.74, 6) is 0.886. The molecule has 0 amide bonds. The molecule has 0 saturated heterocycles. The molecule has 0 fully saturated rings. The first-order chi connectivity index (χ1) is 10.6. The number of nitro groups is 1. The number of aromatic nitrogens is 3. The van der Waals surface area contributed by atoms with Crippen molar-refractivity contribution >= 4 is 17.6 Å². The van der Waals surface area contributed by atoms with Gasteiger partial charge in [-0.1, -0.05) is 11.3 Å². The monoisotopic (exact) mass is 301 g/mol. The lowest BCUT2D eigenvalue weighted by Crippen LogP contribution is -2.25. The van der Waals surface area contributed by atoms with Gasteiger partial charge >= 0.3 is 0 Å². The van der Waals surface area contributed by atoms with Crippen LogP contribution in [0.3, 0.4) is 0 Å². The predicted molar refractivity (Wildman–Crippen MR) is 86.3 cm³/mol. The van der Waals surface area contributed by atoms with Crippen molar-refractivity contribution in [2.45, 2.75) is 20.8 Å². The molecular weight excluding hydrogens is 282 g/mol. The number of benzene rings is 1. The van der Waals surface area contributed by atoms with E-state index < -0.39 is 4.92 Å². The number of nitro benzene ring substituents is 1. The molecule has 2 rings (SSSR count). The van der Waals surface area contributed by atoms with Crippen molar-refractivity contribution in [1.29, 1.82) is 0 Å². The van der Waals surface area contributed by atoms with Crippen LogP contribution >= 0.6 is 0 Å². The normalized spacial score (nSPS) is 11.0. The topological polar surface area (TPSA) is 77.1 Å². The zero-order valence-corrected chi connectivity index (χ0v) is 12.9. The van der Waals surface area contributed by atoms with E-state index in [0.717, 1.165) is 30.3 Å². The number of rotatable bonds is 6. The second kappa shape index (κ2) is 6.84. The highest BCUT2D eigenvalue weighted by atomic mass is 16.6. The SMILES string of the molecule is C/C=C\c1nnn(-c2ccc([N+](=O)[O-])cc2)c1N(CC)CC. The van der Waals surface area contributed by atoms with Gasteiger partial charge in [0.25, 0.3) is 5.69 Å². The van der Waals surface area contributed by atoms with E-state index in [1.165, 1.54) is 12.1 Å². The van der Waals surface area contributed by atoms with Crippen LogP contribution in [0.2, 0.25) is 0 Å². The molecule has 1 aromatic carbocycles. The van der Waals surface area contributed by atoms with Crippen molar-refractivity contribution in [3.8, 4) is 5.69 Å². The number of anilines is 1. The molecule has 0 N–H and O–H groups in total. The highest BCUT2D eigenvalue weighted by Gasteiger charge is 2.17. The van der Waals surface area contributed by atoms with Crippen LogP contribution in [-0.2, 0) is 0 Å². The van der Waals surface area contributed by atoms with Crippen LogP contribution in [0.4, 0.5) is 11.5 Å². The number of allylic oxidation sites excluding steroid dienone is 1. The molecule has 22 heavy (non-hydrogen) atoms. The highest BCUT2D eigenvalue weighted by Crippen LogP contribution is 2.24. The summed E-state index contributed by atoms with van der Waals surface area (Å²) in [5, 5.41) is 19.2. The Labute approximate surface area is 129 Å². The fourth-order valence-corrected chi connectivity index (χ4v) is 2.26. The standard InChI is InChI=1S/C15H19N5O2/c1-4-7-14-15(18(5-2)6-3)19(17-16-14)12-8-10-13(11-9-12)20(21)22/h4,7-11H,5-6H2,1-3H3/b7-4-. The van der Waals surface area contributed by atoms with E-state index in [0.29, 0.717) is 0 Å². The fraction of sp³-hybridized carbons (Fsp3) is 0.333. The van der Waals surface area contributed by atoms with Crippen molar-refractivity contribution in [3.63, 3.8) is 0 Å². The Morgan fingerprint density at radius 3 is 2.41 bits per heavy atom. The van der Waals surface area contributed by atoms with Gasteiger partial charge in [0, 0.05) is 25.2 Å². The number of hydrogen-bond acceptors (Lipinski definition) is 5. The minimum Gasteiger partial charge on any atom is -0.355 e. The van der Waals surface area contributed by atoms with Gasteiger partial charge in [-0.3, -0.25) is 10.1 Å². The van der Waals surface area contributed by atoms with Gasteiger partial charge in [0.1, 0.15) is 5.69 Å². The molecule has 0 radical (unpaired) electrons. The zero-order valence-electron chi connectivity index (χ0n) is 12.9. The van der Waals surface area contributed by atoms with Crippen LogP contribution < -0.4 is 4.90 Å². The molecule has 0 aliphatic heterocycles. The third kappa shape index (κ3) is 2.98. The second-order valence-corrected chi connectivity index (χ2v) is 4.66. The van der Waals surface area contributed by atoms with E-state index in [1.807, 2.05) is 19.1 Å². The van der Waals surface area contributed by atoms with E-state index in [9.17, 15) is 10.1 Å². The van der Waals surface area contributed by atoms with Crippen LogP contribution in [0.15, 0.2) is 30.3 Å². The number of nitrogens with zero attached hydrogens (tertiary/aromatic N) is 5. The van der Waals surface area contributed by atoms with Crippen molar-refractivity contribution in [2.75, 3.05) is 18.0 Å². The van der Waals surface area contributed by atoms with Gasteiger partial charge in [-0.05, 0) is 39.0 Å². The van der Waals surface area contributed by atoms with Gasteiger partial charge in [-0.2, -0.15) is 4.68 Å². The summed E-state index contributed by atoms with van der Waals surface area (Å²) < 4.78 is 1.71. The Hall–Kier alpha value is -2.70. The fourth-order valence-electron chi connectivity index (χ4n) is 2.26. The maximum atomic E-state index is 10.8. The Balaban J connectivity index is 2.52. The van der Waals surface area contributed by atoms with Crippen molar-refractivity contribution in [2.24, 2.45) is 0 Å². The van der Waals surface area contributed by atoms with Gasteiger partial charge in [0.15, 0.2) is 5.82 Å². The molecule has 7 nitrogen and oxygen atoms in total. The summed E-state index contributed by atoms with van der Waals surface area (Å²) in [4.78, 5) is 12.5. The van der Waals surface area contributed by atoms with Crippen LogP contribution in [0.5, 0.6) is 0 Å². The summed E-state index contributed by atoms with van der Waals surface area (Å²) in [5.41, 5.74) is 1.59. The molecule has 116 valence electrons. The summed E-state index contributed by atoms with van der Waals surface area (Å²) in [7, 11) is 0. The van der Waals surface area contributed by atoms with E-state index in [4.69, 9.17) is 0 Å². The van der Waals surface area contributed by atoms with Gasteiger partial charge in [-0.15, -0.1) is 5.10 Å². The molecular formula is C15H19N5O2. The lowest BCUT2D eigenvalue weighted by atomic mass is 10.2.